The molecule has 0 rings (SSSR count). The van der Waals surface area contributed by atoms with Crippen molar-refractivity contribution in [1.29, 1.82) is 0 Å². The Labute approximate surface area is 521 Å². The van der Waals surface area contributed by atoms with Crippen LogP contribution in [0, 0.1) is 0 Å². The van der Waals surface area contributed by atoms with Crippen molar-refractivity contribution >= 4 is 373 Å². The summed E-state index contributed by atoms with van der Waals surface area (Å²) in [6.45, 7) is 0. The van der Waals surface area contributed by atoms with E-state index in [9.17, 15) is 0 Å². The molecule has 0 aromatic carbocycles. The van der Waals surface area contributed by atoms with Crippen LogP contribution < -0.4 is 0 Å². The molecular weight excluding hydrogens is 1140 g/mol. The van der Waals surface area contributed by atoms with Crippen molar-refractivity contribution in [3.63, 3.8) is 0 Å². The van der Waals surface area contributed by atoms with Gasteiger partial charge in [-0.15, -0.1) is 0 Å². The van der Waals surface area contributed by atoms with Gasteiger partial charge in [-0.2, -0.15) is 50.5 Å². The van der Waals surface area contributed by atoms with Crippen molar-refractivity contribution in [1.82, 2.24) is 0 Å². The van der Waals surface area contributed by atoms with E-state index in [0.717, 1.165) is 0 Å². The molecule has 0 aliphatic carbocycles. The van der Waals surface area contributed by atoms with Gasteiger partial charge in [0.2, 0.25) is 0 Å². The minimum absolute atomic E-state index is 0. The van der Waals surface area contributed by atoms with E-state index >= 15 is 0 Å². The second-order valence-electron chi connectivity index (χ2n) is 2.77. The zero-order valence-electron chi connectivity index (χ0n) is 20.5. The summed E-state index contributed by atoms with van der Waals surface area (Å²) in [5.41, 5.74) is 0. The molecule has 56 heavy (non-hydrogen) atoms. The van der Waals surface area contributed by atoms with Gasteiger partial charge in [-0.25, -0.2) is 0 Å². The maximum absolute atomic E-state index is 8.67. The average Bonchev–Trinajstić information content (AvgIpc) is 2.61. The third kappa shape index (κ3) is 3080. The van der Waals surface area contributed by atoms with Crippen LogP contribution in [0.15, 0.2) is 0 Å². The zero-order valence-corrected chi connectivity index (χ0v) is 30.3. The molecular formula is H32Na8O36S12. The SMILES string of the molecule is O=S(O)O.O=S(O)O.O=S(O)O.O=S(O)O.O=S(O)O.O=S(O)O.O=S(O)O.O=S(O)O.O=S(O)O.O=S(O)O.O=S(O)O.O=S(O)O.[NaH].[NaH].[NaH].[NaH].[NaH].[NaH].[NaH].[NaH]. The first-order valence-electron chi connectivity index (χ1n) is 6.38. The Morgan fingerprint density at radius 1 is 0.125 bits per heavy atom. The Kier molecular flexibility index (Phi) is 294. The van der Waals surface area contributed by atoms with Gasteiger partial charge < -0.3 is 0 Å². The molecule has 0 saturated heterocycles. The molecule has 0 aliphatic heterocycles. The van der Waals surface area contributed by atoms with E-state index < -0.39 is 136 Å². The Balaban J connectivity index is -0.0000000138. The fourth-order valence-corrected chi connectivity index (χ4v) is 0. The zero-order chi connectivity index (χ0) is 42.9. The van der Waals surface area contributed by atoms with Crippen molar-refractivity contribution in [3.05, 3.63) is 0 Å². The summed E-state index contributed by atoms with van der Waals surface area (Å²) in [4.78, 5) is 0. The first-order valence-corrected chi connectivity index (χ1v) is 19.1. The van der Waals surface area contributed by atoms with Gasteiger partial charge in [-0.3, -0.25) is 109 Å². The predicted molar refractivity (Wildman–Crippen MR) is 218 cm³/mol. The molecule has 0 aliphatic rings. The molecule has 0 amide bonds. The van der Waals surface area contributed by atoms with Crippen LogP contribution in [0.2, 0.25) is 0 Å². The van der Waals surface area contributed by atoms with Crippen molar-refractivity contribution in [2.45, 2.75) is 0 Å². The summed E-state index contributed by atoms with van der Waals surface area (Å²) in [7, 11) is 0. The van der Waals surface area contributed by atoms with E-state index in [-0.39, 0.29) is 236 Å². The molecule has 0 saturated carbocycles. The number of hydrogen-bond acceptors (Lipinski definition) is 12. The summed E-state index contributed by atoms with van der Waals surface area (Å²) in [6, 6.07) is 0. The average molecular weight is 1180 g/mol. The molecule has 0 aromatic heterocycles. The number of rotatable bonds is 0. The van der Waals surface area contributed by atoms with Gasteiger partial charge in [0.15, 0.2) is 0 Å². The molecule has 0 radical (unpaired) electrons. The van der Waals surface area contributed by atoms with Gasteiger partial charge in [-0.1, -0.05) is 0 Å². The fourth-order valence-electron chi connectivity index (χ4n) is 0. The summed E-state index contributed by atoms with van der Waals surface area (Å²) < 4.78 is 274. The van der Waals surface area contributed by atoms with Crippen LogP contribution in [0.4, 0.5) is 0 Å². The second kappa shape index (κ2) is 125. The molecule has 0 fully saturated rings. The van der Waals surface area contributed by atoms with E-state index in [2.05, 4.69) is 0 Å². The third-order valence-corrected chi connectivity index (χ3v) is 0. The molecule has 0 atom stereocenters. The van der Waals surface area contributed by atoms with Gasteiger partial charge in [0, 0.05) is 0 Å². The summed E-state index contributed by atoms with van der Waals surface area (Å²) in [5.74, 6) is 0. The van der Waals surface area contributed by atoms with Crippen molar-refractivity contribution in [2.24, 2.45) is 0 Å². The normalized spacial score (nSPS) is 7.50. The molecule has 0 bridgehead atoms. The van der Waals surface area contributed by atoms with E-state index in [1.54, 1.807) is 0 Å². The van der Waals surface area contributed by atoms with E-state index in [4.69, 9.17) is 160 Å². The minimum atomic E-state index is -2.61. The molecule has 328 valence electrons. The second-order valence-corrected chi connectivity index (χ2v) is 8.31. The standard InChI is InChI=1S/8Na.12H2O3S.8H/c;;;;;;;;12*1-4(2)3;;;;;;;;/h;;;;;;;;12*(H2,1,2,3);;;;;;;;. The Morgan fingerprint density at radius 3 is 0.125 bits per heavy atom. The van der Waals surface area contributed by atoms with Gasteiger partial charge in [0.25, 0.3) is 136 Å². The maximum atomic E-state index is 8.67. The van der Waals surface area contributed by atoms with Crippen LogP contribution in [-0.4, -0.2) is 396 Å². The van der Waals surface area contributed by atoms with Crippen LogP contribution in [0.3, 0.4) is 0 Å². The molecule has 0 unspecified atom stereocenters. The molecule has 0 heterocycles. The van der Waals surface area contributed by atoms with E-state index in [1.807, 2.05) is 0 Å². The third-order valence-electron chi connectivity index (χ3n) is 0. The van der Waals surface area contributed by atoms with Crippen LogP contribution in [-0.2, 0) is 136 Å². The van der Waals surface area contributed by atoms with E-state index in [0.29, 0.717) is 0 Å². The molecule has 0 spiro atoms. The summed E-state index contributed by atoms with van der Waals surface area (Å²) in [6.07, 6.45) is 0. The van der Waals surface area contributed by atoms with Gasteiger partial charge in [0.1, 0.15) is 0 Å². The van der Waals surface area contributed by atoms with Gasteiger partial charge in [0.05, 0.1) is 0 Å². The van der Waals surface area contributed by atoms with Crippen LogP contribution >= 0.6 is 0 Å². The van der Waals surface area contributed by atoms with Crippen molar-refractivity contribution in [2.75, 3.05) is 0 Å². The first kappa shape index (κ1) is 131. The van der Waals surface area contributed by atoms with Gasteiger partial charge >= 0.3 is 236 Å². The first-order chi connectivity index (χ1) is 20.8. The molecule has 56 heteroatoms. The quantitative estimate of drug-likeness (QED) is 0.0791. The Bertz CT molecular complexity index is 606. The van der Waals surface area contributed by atoms with Crippen LogP contribution in [0.5, 0.6) is 0 Å². The van der Waals surface area contributed by atoms with E-state index in [1.165, 1.54) is 0 Å². The van der Waals surface area contributed by atoms with Gasteiger partial charge in [-0.05, 0) is 0 Å². The van der Waals surface area contributed by atoms with Crippen LogP contribution in [0.25, 0.3) is 0 Å². The van der Waals surface area contributed by atoms with Crippen molar-refractivity contribution in [3.8, 4) is 0 Å². The molecule has 24 N–H and O–H groups in total. The molecule has 36 nitrogen and oxygen atoms in total. The fraction of sp³-hybridized carbons (Fsp3) is 0. The van der Waals surface area contributed by atoms with Crippen LogP contribution in [0.1, 0.15) is 0 Å². The predicted octanol–water partition coefficient (Wildman–Crippen LogP) is -9.01. The summed E-state index contributed by atoms with van der Waals surface area (Å²) in [5, 5.41) is 0. The Morgan fingerprint density at radius 2 is 0.125 bits per heavy atom. The number of hydrogen-bond donors (Lipinski definition) is 24. The Hall–Kier alpha value is 8.84. The summed E-state index contributed by atoms with van der Waals surface area (Å²) >= 11 is -31.3. The molecule has 0 aromatic rings. The monoisotopic (exact) mass is 1180 g/mol. The topological polar surface area (TPSA) is 690 Å². The van der Waals surface area contributed by atoms with Crippen molar-refractivity contribution < 1.29 is 160 Å².